The average Bonchev–Trinajstić information content (AvgIpc) is 2.86. The second kappa shape index (κ2) is 8.25. The third-order valence-electron chi connectivity index (χ3n) is 12.3. The molecule has 3 fully saturated rings. The maximum atomic E-state index is 12.6. The largest absolute Gasteiger partial charge is 0.504 e. The van der Waals surface area contributed by atoms with Crippen molar-refractivity contribution in [1.82, 2.24) is 0 Å². The number of aliphatic carboxylic acids is 1. The summed E-state index contributed by atoms with van der Waals surface area (Å²) in [5.41, 5.74) is 2.55. The van der Waals surface area contributed by atoms with Crippen LogP contribution < -0.4 is 0 Å². The molecule has 3 saturated carbocycles. The van der Waals surface area contributed by atoms with E-state index in [0.29, 0.717) is 12.0 Å². The average molecular weight is 525 g/mol. The van der Waals surface area contributed by atoms with Crippen LogP contribution in [-0.2, 0) is 19.7 Å². The molecule has 0 saturated heterocycles. The van der Waals surface area contributed by atoms with Crippen molar-refractivity contribution in [1.29, 1.82) is 0 Å². The maximum absolute atomic E-state index is 12.6. The predicted molar refractivity (Wildman–Crippen MR) is 145 cm³/mol. The lowest BCUT2D eigenvalue weighted by molar-refractivity contribution is -0.177. The lowest BCUT2D eigenvalue weighted by Gasteiger charge is -2.70. The first-order chi connectivity index (χ1) is 17.6. The van der Waals surface area contributed by atoms with Crippen molar-refractivity contribution >= 4 is 11.9 Å². The van der Waals surface area contributed by atoms with Crippen molar-refractivity contribution in [3.63, 3.8) is 0 Å². The van der Waals surface area contributed by atoms with Crippen LogP contribution in [0.1, 0.15) is 109 Å². The van der Waals surface area contributed by atoms with Gasteiger partial charge in [0, 0.05) is 11.3 Å². The molecule has 6 nitrogen and oxygen atoms in total. The zero-order valence-electron chi connectivity index (χ0n) is 24.0. The van der Waals surface area contributed by atoms with Crippen molar-refractivity contribution in [2.75, 3.05) is 7.11 Å². The van der Waals surface area contributed by atoms with Crippen LogP contribution >= 0.6 is 0 Å². The highest BCUT2D eigenvalue weighted by molar-refractivity contribution is 5.74. The van der Waals surface area contributed by atoms with Gasteiger partial charge in [0.25, 0.3) is 0 Å². The number of ether oxygens (including phenoxy) is 1. The lowest BCUT2D eigenvalue weighted by atomic mass is 9.34. The molecule has 1 aromatic rings. The lowest BCUT2D eigenvalue weighted by Crippen LogP contribution is -2.62. The number of benzene rings is 1. The molecule has 208 valence electrons. The van der Waals surface area contributed by atoms with E-state index in [1.165, 1.54) is 12.7 Å². The monoisotopic (exact) mass is 524 g/mol. The van der Waals surface area contributed by atoms with Gasteiger partial charge in [0.1, 0.15) is 0 Å². The van der Waals surface area contributed by atoms with Gasteiger partial charge < -0.3 is 20.1 Å². The summed E-state index contributed by atoms with van der Waals surface area (Å²) in [5, 5.41) is 31.5. The van der Waals surface area contributed by atoms with Gasteiger partial charge in [0.15, 0.2) is 11.5 Å². The second-order valence-electron chi connectivity index (χ2n) is 14.2. The van der Waals surface area contributed by atoms with Crippen molar-refractivity contribution in [3.05, 3.63) is 34.4 Å². The van der Waals surface area contributed by atoms with Gasteiger partial charge in [-0.2, -0.15) is 0 Å². The van der Waals surface area contributed by atoms with Crippen LogP contribution in [0.5, 0.6) is 11.5 Å². The van der Waals surface area contributed by atoms with Crippen LogP contribution in [0.25, 0.3) is 0 Å². The van der Waals surface area contributed by atoms with E-state index >= 15 is 0 Å². The van der Waals surface area contributed by atoms with Crippen LogP contribution in [0, 0.1) is 34.5 Å². The molecule has 0 spiro atoms. The Bertz CT molecular complexity index is 1250. The van der Waals surface area contributed by atoms with Crippen LogP contribution in [0.2, 0.25) is 0 Å². The minimum Gasteiger partial charge on any atom is -0.504 e. The summed E-state index contributed by atoms with van der Waals surface area (Å²) in [6.45, 7) is 13.1. The van der Waals surface area contributed by atoms with E-state index in [4.69, 9.17) is 4.74 Å². The molecule has 38 heavy (non-hydrogen) atoms. The van der Waals surface area contributed by atoms with Gasteiger partial charge in [-0.05, 0) is 104 Å². The number of carboxylic acid groups (broad SMARTS) is 1. The smallest absolute Gasteiger partial charge is 0.309 e. The number of hydrogen-bond donors (Lipinski definition) is 3. The second-order valence-corrected chi connectivity index (χ2v) is 14.2. The van der Waals surface area contributed by atoms with Gasteiger partial charge in [0.2, 0.25) is 0 Å². The topological polar surface area (TPSA) is 104 Å². The molecule has 6 heteroatoms. The Hall–Kier alpha value is -2.50. The van der Waals surface area contributed by atoms with E-state index in [2.05, 4.69) is 33.8 Å². The number of fused-ring (bicyclic) bond motifs is 7. The molecule has 3 N–H and O–H groups in total. The minimum atomic E-state index is -0.715. The van der Waals surface area contributed by atoms with Crippen LogP contribution in [0.4, 0.5) is 0 Å². The molecule has 0 aromatic heterocycles. The number of esters is 1. The van der Waals surface area contributed by atoms with Crippen LogP contribution in [0.3, 0.4) is 0 Å². The fraction of sp³-hybridized carbons (Fsp3) is 0.688. The zero-order valence-corrected chi connectivity index (χ0v) is 24.0. The quantitative estimate of drug-likeness (QED) is 0.230. The van der Waals surface area contributed by atoms with Crippen molar-refractivity contribution in [2.45, 2.75) is 104 Å². The third kappa shape index (κ3) is 3.37. The fourth-order valence-electron chi connectivity index (χ4n) is 9.47. The molecule has 7 atom stereocenters. The number of aromatic hydroxyl groups is 2. The Morgan fingerprint density at radius 2 is 1.66 bits per heavy atom. The Balaban J connectivity index is 1.69. The molecule has 5 rings (SSSR count). The van der Waals surface area contributed by atoms with Crippen LogP contribution in [-0.4, -0.2) is 34.4 Å². The molecule has 1 aromatic carbocycles. The van der Waals surface area contributed by atoms with E-state index in [9.17, 15) is 24.9 Å². The summed E-state index contributed by atoms with van der Waals surface area (Å²) in [5.74, 6) is -1.25. The first-order valence-electron chi connectivity index (χ1n) is 14.2. The van der Waals surface area contributed by atoms with E-state index in [-0.39, 0.29) is 57.4 Å². The Kier molecular flexibility index (Phi) is 5.88. The Labute approximate surface area is 226 Å². The first kappa shape index (κ1) is 27.1. The summed E-state index contributed by atoms with van der Waals surface area (Å²) in [6.07, 6.45) is 8.65. The van der Waals surface area contributed by atoms with E-state index in [0.717, 1.165) is 49.7 Å². The fourth-order valence-corrected chi connectivity index (χ4v) is 9.47. The number of phenols is 2. The summed E-state index contributed by atoms with van der Waals surface area (Å²) >= 11 is 0. The number of hydrogen-bond acceptors (Lipinski definition) is 5. The first-order valence-corrected chi connectivity index (χ1v) is 14.2. The van der Waals surface area contributed by atoms with Gasteiger partial charge in [-0.25, -0.2) is 0 Å². The summed E-state index contributed by atoms with van der Waals surface area (Å²) < 4.78 is 5.07. The number of methoxy groups -OCH3 is 1. The molecule has 0 heterocycles. The molecule has 0 radical (unpaired) electrons. The standard InChI is InChI=1S/C32H44O6/c1-18-25-19(15-24(34)38-7)14-22-30(4,20(25)16-21(33)26(18)35)11-13-32(6)23-17-29(3,27(36)37)9-8-28(23,2)10-12-31(22,32)5/h14,16,19,23,33,35H,8-13,15,17H2,1-7H3,(H,36,37)/t19-,23?,28+,29+,30-,31+,32-/m0/s1. The summed E-state index contributed by atoms with van der Waals surface area (Å²) in [4.78, 5) is 24.9. The molecule has 0 aliphatic heterocycles. The molecule has 0 amide bonds. The highest BCUT2D eigenvalue weighted by Gasteiger charge is 2.67. The SMILES string of the molecule is COC(=O)C[C@@H]1C=C2[C@@](C)(CC[C@@]3(C)C4C[C@](C)(C(=O)O)CC[C@]4(C)CC[C@]23C)c2cc(O)c(O)c(C)c21. The molecule has 1 unspecified atom stereocenters. The predicted octanol–water partition coefficient (Wildman–Crippen LogP) is 6.75. The van der Waals surface area contributed by atoms with Crippen molar-refractivity contribution in [3.8, 4) is 11.5 Å². The third-order valence-corrected chi connectivity index (χ3v) is 12.3. The van der Waals surface area contributed by atoms with Crippen molar-refractivity contribution < 1.29 is 29.6 Å². The Morgan fingerprint density at radius 3 is 2.29 bits per heavy atom. The molecular formula is C32H44O6. The van der Waals surface area contributed by atoms with Gasteiger partial charge in [-0.15, -0.1) is 0 Å². The number of allylic oxidation sites excluding steroid dienone is 2. The summed E-state index contributed by atoms with van der Waals surface area (Å²) in [6, 6.07) is 1.72. The van der Waals surface area contributed by atoms with E-state index in [1.54, 1.807) is 6.07 Å². The van der Waals surface area contributed by atoms with E-state index in [1.807, 2.05) is 13.8 Å². The number of carboxylic acids is 1. The molecule has 0 bridgehead atoms. The normalized spacial score (nSPS) is 41.6. The summed E-state index contributed by atoms with van der Waals surface area (Å²) in [7, 11) is 1.40. The van der Waals surface area contributed by atoms with Gasteiger partial charge >= 0.3 is 11.9 Å². The van der Waals surface area contributed by atoms with Crippen LogP contribution in [0.15, 0.2) is 17.7 Å². The number of carbonyl (C=O) groups excluding carboxylic acids is 1. The number of phenolic OH excluding ortho intramolecular Hbond substituents is 2. The van der Waals surface area contributed by atoms with Gasteiger partial charge in [0.05, 0.1) is 18.9 Å². The molecular weight excluding hydrogens is 480 g/mol. The van der Waals surface area contributed by atoms with Gasteiger partial charge in [-0.3, -0.25) is 9.59 Å². The minimum absolute atomic E-state index is 0.107. The molecule has 4 aliphatic carbocycles. The number of carbonyl (C=O) groups is 2. The van der Waals surface area contributed by atoms with E-state index < -0.39 is 11.4 Å². The zero-order chi connectivity index (χ0) is 28.1. The Morgan fingerprint density at radius 1 is 1.00 bits per heavy atom. The molecule has 4 aliphatic rings. The highest BCUT2D eigenvalue weighted by Crippen LogP contribution is 2.75. The maximum Gasteiger partial charge on any atom is 0.309 e. The van der Waals surface area contributed by atoms with Gasteiger partial charge in [-0.1, -0.05) is 39.3 Å². The van der Waals surface area contributed by atoms with Crippen molar-refractivity contribution in [2.24, 2.45) is 27.6 Å². The number of rotatable bonds is 3. The highest BCUT2D eigenvalue weighted by atomic mass is 16.5.